The molecule has 0 saturated carbocycles. The summed E-state index contributed by atoms with van der Waals surface area (Å²) < 4.78 is 0. The average molecular weight is 289 g/mol. The number of anilines is 1. The number of pyridine rings is 1. The van der Waals surface area contributed by atoms with Gasteiger partial charge in [-0.05, 0) is 31.8 Å². The van der Waals surface area contributed by atoms with Gasteiger partial charge in [0.25, 0.3) is 0 Å². The third-order valence-corrected chi connectivity index (χ3v) is 3.79. The maximum Gasteiger partial charge on any atom is 0.312 e. The number of piperidine rings is 1. The van der Waals surface area contributed by atoms with Crippen LogP contribution in [0, 0.1) is 27.4 Å². The standard InChI is InChI=1S/C14H19N5O2/c1-11-2-5-18(6-3-11)7-4-16-14-13(19(20)21)8-12(9-15)10-17-14/h8,10-11H,2-7H2,1H3,(H,16,17). The lowest BCUT2D eigenvalue weighted by molar-refractivity contribution is -0.384. The highest BCUT2D eigenvalue weighted by Gasteiger charge is 2.18. The van der Waals surface area contributed by atoms with Crippen molar-refractivity contribution in [1.29, 1.82) is 5.26 Å². The van der Waals surface area contributed by atoms with Crippen LogP contribution in [0.5, 0.6) is 0 Å². The number of aromatic nitrogens is 1. The van der Waals surface area contributed by atoms with Crippen LogP contribution in [0.3, 0.4) is 0 Å². The molecule has 1 saturated heterocycles. The summed E-state index contributed by atoms with van der Waals surface area (Å²) in [7, 11) is 0. The number of nitrogens with zero attached hydrogens (tertiary/aromatic N) is 4. The highest BCUT2D eigenvalue weighted by Crippen LogP contribution is 2.22. The summed E-state index contributed by atoms with van der Waals surface area (Å²) in [5.41, 5.74) is 0.0404. The number of hydrogen-bond acceptors (Lipinski definition) is 6. The highest BCUT2D eigenvalue weighted by molar-refractivity contribution is 5.58. The minimum Gasteiger partial charge on any atom is -0.363 e. The molecule has 2 heterocycles. The Bertz CT molecular complexity index is 547. The first-order valence-corrected chi connectivity index (χ1v) is 7.11. The fraction of sp³-hybridized carbons (Fsp3) is 0.571. The van der Waals surface area contributed by atoms with E-state index >= 15 is 0 Å². The third kappa shape index (κ3) is 4.13. The summed E-state index contributed by atoms with van der Waals surface area (Å²) >= 11 is 0. The zero-order valence-corrected chi connectivity index (χ0v) is 12.1. The van der Waals surface area contributed by atoms with Crippen LogP contribution in [-0.4, -0.2) is 41.0 Å². The Hall–Kier alpha value is -2.20. The minimum absolute atomic E-state index is 0.152. The molecule has 7 heteroatoms. The number of likely N-dealkylation sites (tertiary alicyclic amines) is 1. The third-order valence-electron chi connectivity index (χ3n) is 3.79. The van der Waals surface area contributed by atoms with Gasteiger partial charge in [-0.2, -0.15) is 5.26 Å². The van der Waals surface area contributed by atoms with Gasteiger partial charge in [0.15, 0.2) is 0 Å². The van der Waals surface area contributed by atoms with Gasteiger partial charge in [0.1, 0.15) is 6.07 Å². The van der Waals surface area contributed by atoms with Crippen LogP contribution >= 0.6 is 0 Å². The van der Waals surface area contributed by atoms with Crippen molar-refractivity contribution in [2.24, 2.45) is 5.92 Å². The Morgan fingerprint density at radius 2 is 2.29 bits per heavy atom. The summed E-state index contributed by atoms with van der Waals surface area (Å²) in [6.45, 7) is 5.86. The van der Waals surface area contributed by atoms with Gasteiger partial charge in [0, 0.05) is 25.4 Å². The highest BCUT2D eigenvalue weighted by atomic mass is 16.6. The molecule has 0 bridgehead atoms. The molecule has 0 spiro atoms. The van der Waals surface area contributed by atoms with E-state index in [1.165, 1.54) is 25.1 Å². The molecule has 1 fully saturated rings. The SMILES string of the molecule is CC1CCN(CCNc2ncc(C#N)cc2[N+](=O)[O-])CC1. The molecule has 2 rings (SSSR count). The molecule has 0 unspecified atom stereocenters. The summed E-state index contributed by atoms with van der Waals surface area (Å²) in [5, 5.41) is 22.8. The van der Waals surface area contributed by atoms with Crippen LogP contribution in [0.2, 0.25) is 0 Å². The lowest BCUT2D eigenvalue weighted by Gasteiger charge is -2.30. The van der Waals surface area contributed by atoms with E-state index in [-0.39, 0.29) is 17.1 Å². The van der Waals surface area contributed by atoms with Crippen molar-refractivity contribution >= 4 is 11.5 Å². The molecule has 1 N–H and O–H groups in total. The molecule has 0 amide bonds. The predicted molar refractivity (Wildman–Crippen MR) is 78.9 cm³/mol. The monoisotopic (exact) mass is 289 g/mol. The lowest BCUT2D eigenvalue weighted by atomic mass is 9.99. The predicted octanol–water partition coefficient (Wildman–Crippen LogP) is 2.01. The summed E-state index contributed by atoms with van der Waals surface area (Å²) in [6.07, 6.45) is 3.75. The van der Waals surface area contributed by atoms with Crippen molar-refractivity contribution in [1.82, 2.24) is 9.88 Å². The molecule has 0 atom stereocenters. The van der Waals surface area contributed by atoms with Gasteiger partial charge in [-0.1, -0.05) is 6.92 Å². The average Bonchev–Trinajstić information content (AvgIpc) is 2.49. The Labute approximate surface area is 123 Å². The van der Waals surface area contributed by atoms with Gasteiger partial charge in [0.05, 0.1) is 10.5 Å². The first-order valence-electron chi connectivity index (χ1n) is 7.11. The largest absolute Gasteiger partial charge is 0.363 e. The van der Waals surface area contributed by atoms with E-state index in [1.54, 1.807) is 0 Å². The van der Waals surface area contributed by atoms with Crippen molar-refractivity contribution < 1.29 is 4.92 Å². The number of nitrogens with one attached hydrogen (secondary N) is 1. The minimum atomic E-state index is -0.515. The van der Waals surface area contributed by atoms with Crippen LogP contribution in [0.25, 0.3) is 0 Å². The molecule has 0 aliphatic carbocycles. The van der Waals surface area contributed by atoms with Crippen molar-refractivity contribution in [3.63, 3.8) is 0 Å². The van der Waals surface area contributed by atoms with Gasteiger partial charge in [0.2, 0.25) is 5.82 Å². The Balaban J connectivity index is 1.91. The smallest absolute Gasteiger partial charge is 0.312 e. The molecule has 1 aliphatic rings. The van der Waals surface area contributed by atoms with Crippen LogP contribution in [0.15, 0.2) is 12.3 Å². The molecule has 1 aliphatic heterocycles. The van der Waals surface area contributed by atoms with Gasteiger partial charge in [-0.3, -0.25) is 10.1 Å². The number of hydrogen-bond donors (Lipinski definition) is 1. The number of nitro groups is 1. The molecule has 1 aromatic rings. The van der Waals surface area contributed by atoms with Crippen molar-refractivity contribution in [2.75, 3.05) is 31.5 Å². The number of rotatable bonds is 5. The van der Waals surface area contributed by atoms with Crippen molar-refractivity contribution in [3.05, 3.63) is 27.9 Å². The molecule has 21 heavy (non-hydrogen) atoms. The molecule has 0 aromatic carbocycles. The van der Waals surface area contributed by atoms with E-state index in [9.17, 15) is 10.1 Å². The molecule has 0 radical (unpaired) electrons. The van der Waals surface area contributed by atoms with Crippen LogP contribution in [0.1, 0.15) is 25.3 Å². The topological polar surface area (TPSA) is 95.1 Å². The van der Waals surface area contributed by atoms with E-state index in [4.69, 9.17) is 5.26 Å². The van der Waals surface area contributed by atoms with Crippen molar-refractivity contribution in [3.8, 4) is 6.07 Å². The van der Waals surface area contributed by atoms with Crippen molar-refractivity contribution in [2.45, 2.75) is 19.8 Å². The first-order chi connectivity index (χ1) is 10.1. The van der Waals surface area contributed by atoms with Gasteiger partial charge < -0.3 is 10.2 Å². The first kappa shape index (κ1) is 15.2. The zero-order chi connectivity index (χ0) is 15.2. The second-order valence-electron chi connectivity index (χ2n) is 5.41. The van der Waals surface area contributed by atoms with Crippen LogP contribution < -0.4 is 5.32 Å². The van der Waals surface area contributed by atoms with Gasteiger partial charge >= 0.3 is 5.69 Å². The van der Waals surface area contributed by atoms with Crippen LogP contribution in [0.4, 0.5) is 11.5 Å². The maximum atomic E-state index is 11.0. The quantitative estimate of drug-likeness (QED) is 0.658. The summed E-state index contributed by atoms with van der Waals surface area (Å²) in [4.78, 5) is 16.8. The van der Waals surface area contributed by atoms with E-state index in [0.29, 0.717) is 6.54 Å². The Kier molecular flexibility index (Phi) is 5.06. The maximum absolute atomic E-state index is 11.0. The normalized spacial score (nSPS) is 16.4. The zero-order valence-electron chi connectivity index (χ0n) is 12.1. The Morgan fingerprint density at radius 1 is 1.57 bits per heavy atom. The van der Waals surface area contributed by atoms with E-state index in [1.807, 2.05) is 6.07 Å². The van der Waals surface area contributed by atoms with E-state index in [2.05, 4.69) is 22.1 Å². The van der Waals surface area contributed by atoms with Gasteiger partial charge in [-0.15, -0.1) is 0 Å². The van der Waals surface area contributed by atoms with E-state index in [0.717, 1.165) is 25.6 Å². The Morgan fingerprint density at radius 3 is 2.90 bits per heavy atom. The lowest BCUT2D eigenvalue weighted by Crippen LogP contribution is -2.36. The molecular weight excluding hydrogens is 270 g/mol. The second-order valence-corrected chi connectivity index (χ2v) is 5.41. The molecule has 112 valence electrons. The fourth-order valence-corrected chi connectivity index (χ4v) is 2.41. The molecule has 1 aromatic heterocycles. The molecular formula is C14H19N5O2. The fourth-order valence-electron chi connectivity index (χ4n) is 2.41. The van der Waals surface area contributed by atoms with E-state index < -0.39 is 4.92 Å². The van der Waals surface area contributed by atoms with Gasteiger partial charge in [-0.25, -0.2) is 4.98 Å². The van der Waals surface area contributed by atoms with Crippen LogP contribution in [-0.2, 0) is 0 Å². The second kappa shape index (κ2) is 6.99. The number of nitriles is 1. The molecule has 7 nitrogen and oxygen atoms in total. The summed E-state index contributed by atoms with van der Waals surface area (Å²) in [6, 6.07) is 3.11. The summed E-state index contributed by atoms with van der Waals surface area (Å²) in [5.74, 6) is 1.01.